The number of rotatable bonds is 3. The van der Waals surface area contributed by atoms with Crippen molar-refractivity contribution in [3.05, 3.63) is 35.9 Å². The highest BCUT2D eigenvalue weighted by atomic mass is 16.2. The van der Waals surface area contributed by atoms with E-state index in [0.717, 1.165) is 5.56 Å². The average Bonchev–Trinajstić information content (AvgIpc) is 2.75. The van der Waals surface area contributed by atoms with Gasteiger partial charge in [0.1, 0.15) is 6.04 Å². The summed E-state index contributed by atoms with van der Waals surface area (Å²) in [5.41, 5.74) is 6.60. The molecule has 0 radical (unpaired) electrons. The first-order valence-electron chi connectivity index (χ1n) is 5.54. The van der Waals surface area contributed by atoms with Crippen LogP contribution in [0.1, 0.15) is 18.0 Å². The van der Waals surface area contributed by atoms with Crippen molar-refractivity contribution in [3.63, 3.8) is 0 Å². The van der Waals surface area contributed by atoms with Gasteiger partial charge in [0.05, 0.1) is 6.04 Å². The van der Waals surface area contributed by atoms with Crippen LogP contribution in [0.2, 0.25) is 0 Å². The lowest BCUT2D eigenvalue weighted by molar-refractivity contribution is -0.123. The Hall–Kier alpha value is -1.88. The SMILES string of the molecule is N[C@@H](C(=O)NC1CNC(=O)C1)c1ccccc1. The summed E-state index contributed by atoms with van der Waals surface area (Å²) in [6.07, 6.45) is 0.327. The maximum atomic E-state index is 11.8. The van der Waals surface area contributed by atoms with E-state index in [-0.39, 0.29) is 17.9 Å². The normalized spacial score (nSPS) is 20.8. The summed E-state index contributed by atoms with van der Waals surface area (Å²) >= 11 is 0. The second-order valence-electron chi connectivity index (χ2n) is 4.10. The summed E-state index contributed by atoms with van der Waals surface area (Å²) in [5, 5.41) is 5.42. The van der Waals surface area contributed by atoms with Crippen LogP contribution in [0.5, 0.6) is 0 Å². The van der Waals surface area contributed by atoms with Crippen LogP contribution in [0.25, 0.3) is 0 Å². The van der Waals surface area contributed by atoms with Crippen LogP contribution < -0.4 is 16.4 Å². The maximum absolute atomic E-state index is 11.8. The van der Waals surface area contributed by atoms with E-state index in [1.807, 2.05) is 30.3 Å². The van der Waals surface area contributed by atoms with Gasteiger partial charge in [0.2, 0.25) is 11.8 Å². The Balaban J connectivity index is 1.94. The van der Waals surface area contributed by atoms with Gasteiger partial charge in [-0.25, -0.2) is 0 Å². The smallest absolute Gasteiger partial charge is 0.241 e. The number of hydrogen-bond acceptors (Lipinski definition) is 3. The van der Waals surface area contributed by atoms with E-state index in [0.29, 0.717) is 13.0 Å². The van der Waals surface area contributed by atoms with Crippen LogP contribution in [0, 0.1) is 0 Å². The molecule has 17 heavy (non-hydrogen) atoms. The molecule has 4 N–H and O–H groups in total. The van der Waals surface area contributed by atoms with E-state index >= 15 is 0 Å². The van der Waals surface area contributed by atoms with Crippen LogP contribution in [0.15, 0.2) is 30.3 Å². The highest BCUT2D eigenvalue weighted by Crippen LogP contribution is 2.10. The standard InChI is InChI=1S/C12H15N3O2/c13-11(8-4-2-1-3-5-8)12(17)15-9-6-10(16)14-7-9/h1-5,9,11H,6-7,13H2,(H,14,16)(H,15,17)/t9?,11-/m1/s1. The molecule has 1 aromatic rings. The van der Waals surface area contributed by atoms with Gasteiger partial charge in [0.25, 0.3) is 0 Å². The molecule has 5 nitrogen and oxygen atoms in total. The van der Waals surface area contributed by atoms with Crippen LogP contribution in [0.3, 0.4) is 0 Å². The number of benzene rings is 1. The van der Waals surface area contributed by atoms with Crippen molar-refractivity contribution in [3.8, 4) is 0 Å². The molecule has 1 heterocycles. The average molecular weight is 233 g/mol. The molecule has 1 saturated heterocycles. The molecule has 0 saturated carbocycles. The van der Waals surface area contributed by atoms with Gasteiger partial charge in [-0.05, 0) is 5.56 Å². The minimum atomic E-state index is -0.688. The first-order valence-corrected chi connectivity index (χ1v) is 5.54. The molecule has 0 aromatic heterocycles. The van der Waals surface area contributed by atoms with Gasteiger partial charge >= 0.3 is 0 Å². The third kappa shape index (κ3) is 2.82. The number of nitrogens with one attached hydrogen (secondary N) is 2. The van der Waals surface area contributed by atoms with Gasteiger partial charge in [-0.1, -0.05) is 30.3 Å². The molecular formula is C12H15N3O2. The predicted octanol–water partition coefficient (Wildman–Crippen LogP) is -0.309. The van der Waals surface area contributed by atoms with Crippen molar-refractivity contribution in [2.24, 2.45) is 5.73 Å². The Morgan fingerprint density at radius 2 is 2.12 bits per heavy atom. The van der Waals surface area contributed by atoms with Crippen molar-refractivity contribution in [2.45, 2.75) is 18.5 Å². The lowest BCUT2D eigenvalue weighted by Gasteiger charge is -2.15. The molecule has 2 atom stereocenters. The minimum absolute atomic E-state index is 0.0383. The van der Waals surface area contributed by atoms with Crippen molar-refractivity contribution < 1.29 is 9.59 Å². The molecule has 2 amide bonds. The summed E-state index contributed by atoms with van der Waals surface area (Å²) in [7, 11) is 0. The first kappa shape index (κ1) is 11.6. The van der Waals surface area contributed by atoms with Crippen LogP contribution in [-0.4, -0.2) is 24.4 Å². The van der Waals surface area contributed by atoms with Crippen molar-refractivity contribution in [1.29, 1.82) is 0 Å². The van der Waals surface area contributed by atoms with E-state index in [1.165, 1.54) is 0 Å². The molecule has 0 spiro atoms. The number of carbonyl (C=O) groups excluding carboxylic acids is 2. The van der Waals surface area contributed by atoms with E-state index in [1.54, 1.807) is 0 Å². The first-order chi connectivity index (χ1) is 8.16. The Kier molecular flexibility index (Phi) is 3.39. The second-order valence-corrected chi connectivity index (χ2v) is 4.10. The molecule has 1 aliphatic heterocycles. The maximum Gasteiger partial charge on any atom is 0.241 e. The van der Waals surface area contributed by atoms with Gasteiger partial charge in [-0.15, -0.1) is 0 Å². The summed E-state index contributed by atoms with van der Waals surface area (Å²) in [4.78, 5) is 22.8. The molecule has 90 valence electrons. The summed E-state index contributed by atoms with van der Waals surface area (Å²) < 4.78 is 0. The molecule has 1 fully saturated rings. The van der Waals surface area contributed by atoms with Crippen LogP contribution in [-0.2, 0) is 9.59 Å². The molecule has 1 aromatic carbocycles. The van der Waals surface area contributed by atoms with E-state index in [2.05, 4.69) is 10.6 Å². The molecule has 5 heteroatoms. The monoisotopic (exact) mass is 233 g/mol. The Labute approximate surface area is 99.4 Å². The van der Waals surface area contributed by atoms with Gasteiger partial charge in [-0.2, -0.15) is 0 Å². The highest BCUT2D eigenvalue weighted by Gasteiger charge is 2.25. The number of hydrogen-bond donors (Lipinski definition) is 3. The second kappa shape index (κ2) is 4.97. The Morgan fingerprint density at radius 3 is 2.71 bits per heavy atom. The van der Waals surface area contributed by atoms with Crippen LogP contribution in [0.4, 0.5) is 0 Å². The fourth-order valence-corrected chi connectivity index (χ4v) is 1.81. The Morgan fingerprint density at radius 1 is 1.41 bits per heavy atom. The summed E-state index contributed by atoms with van der Waals surface area (Å²) in [6.45, 7) is 0.478. The summed E-state index contributed by atoms with van der Waals surface area (Å²) in [5.74, 6) is -0.290. The largest absolute Gasteiger partial charge is 0.354 e. The molecule has 2 rings (SSSR count). The lowest BCUT2D eigenvalue weighted by Crippen LogP contribution is -2.41. The van der Waals surface area contributed by atoms with E-state index in [4.69, 9.17) is 5.73 Å². The van der Waals surface area contributed by atoms with Gasteiger partial charge < -0.3 is 16.4 Å². The topological polar surface area (TPSA) is 84.2 Å². The zero-order valence-corrected chi connectivity index (χ0v) is 9.35. The minimum Gasteiger partial charge on any atom is -0.354 e. The van der Waals surface area contributed by atoms with Crippen molar-refractivity contribution >= 4 is 11.8 Å². The van der Waals surface area contributed by atoms with Crippen LogP contribution >= 0.6 is 0 Å². The molecule has 1 aliphatic rings. The fraction of sp³-hybridized carbons (Fsp3) is 0.333. The van der Waals surface area contributed by atoms with Gasteiger partial charge in [0.15, 0.2) is 0 Å². The van der Waals surface area contributed by atoms with Gasteiger partial charge in [0, 0.05) is 13.0 Å². The predicted molar refractivity (Wildman–Crippen MR) is 62.9 cm³/mol. The Bertz CT molecular complexity index is 419. The summed E-state index contributed by atoms with van der Waals surface area (Å²) in [6, 6.07) is 8.32. The number of carbonyl (C=O) groups is 2. The number of nitrogens with two attached hydrogens (primary N) is 1. The molecule has 0 bridgehead atoms. The molecule has 0 aliphatic carbocycles. The molecule has 1 unspecified atom stereocenters. The van der Waals surface area contributed by atoms with E-state index < -0.39 is 6.04 Å². The quantitative estimate of drug-likeness (QED) is 0.669. The highest BCUT2D eigenvalue weighted by molar-refractivity contribution is 5.85. The third-order valence-electron chi connectivity index (χ3n) is 2.76. The zero-order valence-electron chi connectivity index (χ0n) is 9.35. The zero-order chi connectivity index (χ0) is 12.3. The lowest BCUT2D eigenvalue weighted by atomic mass is 10.1. The molecular weight excluding hydrogens is 218 g/mol. The number of amides is 2. The van der Waals surface area contributed by atoms with E-state index in [9.17, 15) is 9.59 Å². The van der Waals surface area contributed by atoms with Gasteiger partial charge in [-0.3, -0.25) is 9.59 Å². The third-order valence-corrected chi connectivity index (χ3v) is 2.76. The fourth-order valence-electron chi connectivity index (χ4n) is 1.81. The van der Waals surface area contributed by atoms with Crippen molar-refractivity contribution in [1.82, 2.24) is 10.6 Å². The van der Waals surface area contributed by atoms with Crippen molar-refractivity contribution in [2.75, 3.05) is 6.54 Å².